The van der Waals surface area contributed by atoms with Crippen LogP contribution in [0.3, 0.4) is 0 Å². The molecule has 11 nitrogen and oxygen atoms in total. The van der Waals surface area contributed by atoms with Crippen LogP contribution in [0.4, 0.5) is 0 Å². The third kappa shape index (κ3) is 8.00. The van der Waals surface area contributed by atoms with Gasteiger partial charge in [-0.25, -0.2) is 0 Å². The molecule has 4 N–H and O–H groups in total. The zero-order chi connectivity index (χ0) is 32.7. The Morgan fingerprint density at radius 3 is 2.64 bits per heavy atom. The minimum Gasteiger partial charge on any atom is -0.493 e. The third-order valence-electron chi connectivity index (χ3n) is 9.45. The number of aliphatic hydroxyl groups excluding tert-OH is 3. The van der Waals surface area contributed by atoms with Crippen LogP contribution in [0.5, 0.6) is 11.5 Å². The standard InChI is InChI=1S/C34H52N2O9/c1-6-43-13-7-11-36(29(39)19-44-27-14-21(4)8-9-23(27)20(2)3)26-17-25(34(41)35-10-12-37)30-24-15-22(18-38)16-28(42-5)32(24)45-33(30)31(26)40/h15-17,20-21,23,26-27,30-31,33,37-38,40H,6-14,18-19H2,1-5H3,(H,35,41)/t21-,23+,26+,27-,30-,31-,33-/m0/s1. The van der Waals surface area contributed by atoms with E-state index in [1.807, 2.05) is 6.92 Å². The first-order valence-electron chi connectivity index (χ1n) is 16.4. The lowest BCUT2D eigenvalue weighted by Gasteiger charge is -2.41. The van der Waals surface area contributed by atoms with E-state index in [9.17, 15) is 24.9 Å². The highest BCUT2D eigenvalue weighted by molar-refractivity contribution is 5.96. The largest absolute Gasteiger partial charge is 0.493 e. The lowest BCUT2D eigenvalue weighted by atomic mass is 9.75. The highest BCUT2D eigenvalue weighted by Gasteiger charge is 2.51. The number of benzene rings is 1. The number of amides is 2. The summed E-state index contributed by atoms with van der Waals surface area (Å²) in [6.45, 7) is 9.18. The molecule has 0 aromatic heterocycles. The van der Waals surface area contributed by atoms with Gasteiger partial charge in [0.15, 0.2) is 11.5 Å². The van der Waals surface area contributed by atoms with Gasteiger partial charge in [0.25, 0.3) is 0 Å². The number of methoxy groups -OCH3 is 1. The van der Waals surface area contributed by atoms with Crippen molar-refractivity contribution in [3.8, 4) is 11.5 Å². The summed E-state index contributed by atoms with van der Waals surface area (Å²) in [6.07, 6.45) is 3.17. The number of nitrogens with one attached hydrogen (secondary N) is 1. The molecule has 1 heterocycles. The predicted octanol–water partition coefficient (Wildman–Crippen LogP) is 2.54. The van der Waals surface area contributed by atoms with Crippen molar-refractivity contribution in [2.24, 2.45) is 17.8 Å². The number of carbonyl (C=O) groups excluding carboxylic acids is 2. The maximum atomic E-state index is 14.0. The molecule has 1 aliphatic heterocycles. The molecule has 4 rings (SSSR count). The zero-order valence-corrected chi connectivity index (χ0v) is 27.4. The summed E-state index contributed by atoms with van der Waals surface area (Å²) in [5.74, 6) is 0.686. The second kappa shape index (κ2) is 16.2. The molecule has 7 atom stereocenters. The second-order valence-corrected chi connectivity index (χ2v) is 12.8. The molecule has 2 amide bonds. The quantitative estimate of drug-likeness (QED) is 0.214. The van der Waals surface area contributed by atoms with Crippen molar-refractivity contribution in [2.75, 3.05) is 46.6 Å². The van der Waals surface area contributed by atoms with Gasteiger partial charge in [-0.05, 0) is 67.7 Å². The van der Waals surface area contributed by atoms with Gasteiger partial charge in [-0.3, -0.25) is 9.59 Å². The van der Waals surface area contributed by atoms with Crippen LogP contribution in [0.25, 0.3) is 0 Å². The number of hydrogen-bond acceptors (Lipinski definition) is 9. The van der Waals surface area contributed by atoms with Crippen molar-refractivity contribution >= 4 is 11.8 Å². The predicted molar refractivity (Wildman–Crippen MR) is 168 cm³/mol. The van der Waals surface area contributed by atoms with Gasteiger partial charge in [0.05, 0.1) is 38.4 Å². The Morgan fingerprint density at radius 2 is 1.98 bits per heavy atom. The molecule has 1 aromatic rings. The fourth-order valence-electron chi connectivity index (χ4n) is 7.11. The lowest BCUT2D eigenvalue weighted by molar-refractivity contribution is -0.147. The van der Waals surface area contributed by atoms with E-state index in [1.165, 1.54) is 7.11 Å². The van der Waals surface area contributed by atoms with Crippen LogP contribution in [-0.4, -0.2) is 103 Å². The van der Waals surface area contributed by atoms with Crippen LogP contribution >= 0.6 is 0 Å². The second-order valence-electron chi connectivity index (χ2n) is 12.8. The smallest absolute Gasteiger partial charge is 0.249 e. The summed E-state index contributed by atoms with van der Waals surface area (Å²) >= 11 is 0. The van der Waals surface area contributed by atoms with E-state index in [4.69, 9.17) is 18.9 Å². The van der Waals surface area contributed by atoms with Crippen molar-refractivity contribution in [3.05, 3.63) is 34.9 Å². The van der Waals surface area contributed by atoms with Gasteiger partial charge in [0, 0.05) is 37.4 Å². The number of hydrogen-bond donors (Lipinski definition) is 4. The van der Waals surface area contributed by atoms with Gasteiger partial charge in [0.2, 0.25) is 11.8 Å². The van der Waals surface area contributed by atoms with Gasteiger partial charge in [-0.1, -0.05) is 27.2 Å². The summed E-state index contributed by atoms with van der Waals surface area (Å²) in [4.78, 5) is 29.1. The Labute approximate surface area is 266 Å². The Kier molecular flexibility index (Phi) is 12.7. The van der Waals surface area contributed by atoms with Crippen LogP contribution in [-0.2, 0) is 25.7 Å². The Bertz CT molecular complexity index is 1190. The van der Waals surface area contributed by atoms with Gasteiger partial charge >= 0.3 is 0 Å². The molecule has 11 heteroatoms. The summed E-state index contributed by atoms with van der Waals surface area (Å²) in [5.41, 5.74) is 1.49. The molecule has 0 bridgehead atoms. The van der Waals surface area contributed by atoms with Crippen LogP contribution in [0.15, 0.2) is 23.8 Å². The molecule has 45 heavy (non-hydrogen) atoms. The van der Waals surface area contributed by atoms with E-state index in [1.54, 1.807) is 23.1 Å². The molecule has 252 valence electrons. The number of fused-ring (bicyclic) bond motifs is 3. The molecule has 1 fully saturated rings. The Balaban J connectivity index is 1.67. The summed E-state index contributed by atoms with van der Waals surface area (Å²) in [5, 5.41) is 33.9. The number of nitrogens with zero attached hydrogens (tertiary/aromatic N) is 1. The third-order valence-corrected chi connectivity index (χ3v) is 9.45. The summed E-state index contributed by atoms with van der Waals surface area (Å²) < 4.78 is 23.8. The Morgan fingerprint density at radius 1 is 1.20 bits per heavy atom. The van der Waals surface area contributed by atoms with Crippen LogP contribution < -0.4 is 14.8 Å². The zero-order valence-electron chi connectivity index (χ0n) is 27.4. The molecule has 0 radical (unpaired) electrons. The van der Waals surface area contributed by atoms with Gasteiger partial charge < -0.3 is 44.5 Å². The summed E-state index contributed by atoms with van der Waals surface area (Å²) in [7, 11) is 1.49. The van der Waals surface area contributed by atoms with E-state index >= 15 is 0 Å². The van der Waals surface area contributed by atoms with Gasteiger partial charge in [-0.2, -0.15) is 0 Å². The van der Waals surface area contributed by atoms with Crippen LogP contribution in [0, 0.1) is 17.8 Å². The first-order valence-corrected chi connectivity index (χ1v) is 16.4. The van der Waals surface area contributed by atoms with E-state index in [0.29, 0.717) is 65.6 Å². The molecular formula is C34H52N2O9. The highest BCUT2D eigenvalue weighted by Crippen LogP contribution is 2.51. The van der Waals surface area contributed by atoms with Crippen molar-refractivity contribution in [2.45, 2.75) is 90.3 Å². The van der Waals surface area contributed by atoms with Crippen molar-refractivity contribution in [1.82, 2.24) is 10.2 Å². The first kappa shape index (κ1) is 35.2. The van der Waals surface area contributed by atoms with Crippen molar-refractivity contribution in [1.29, 1.82) is 0 Å². The minimum absolute atomic E-state index is 0.0279. The maximum absolute atomic E-state index is 14.0. The molecule has 1 saturated carbocycles. The molecular weight excluding hydrogens is 580 g/mol. The number of rotatable bonds is 15. The van der Waals surface area contributed by atoms with Gasteiger partial charge in [-0.15, -0.1) is 0 Å². The van der Waals surface area contributed by atoms with Crippen LogP contribution in [0.2, 0.25) is 0 Å². The Hall–Kier alpha value is -2.70. The molecule has 0 spiro atoms. The van der Waals surface area contributed by atoms with Crippen molar-refractivity contribution < 1.29 is 43.9 Å². The topological polar surface area (TPSA) is 147 Å². The average molecular weight is 633 g/mol. The monoisotopic (exact) mass is 632 g/mol. The average Bonchev–Trinajstić information content (AvgIpc) is 3.42. The number of ether oxygens (including phenoxy) is 4. The fraction of sp³-hybridized carbons (Fsp3) is 0.706. The SMILES string of the molecule is CCOCCCN(C(=O)CO[C@H]1C[C@@H](C)CC[C@@H]1C(C)C)[C@@H]1C=C(C(=O)NCCO)[C@@H]2c3cc(CO)cc(OC)c3O[C@@H]2[C@H]1O. The van der Waals surface area contributed by atoms with E-state index in [2.05, 4.69) is 26.1 Å². The fourth-order valence-corrected chi connectivity index (χ4v) is 7.11. The van der Waals surface area contributed by atoms with Crippen LogP contribution in [0.1, 0.15) is 70.4 Å². The highest BCUT2D eigenvalue weighted by atomic mass is 16.5. The molecule has 2 aliphatic carbocycles. The lowest BCUT2D eigenvalue weighted by Crippen LogP contribution is -2.56. The van der Waals surface area contributed by atoms with Crippen molar-refractivity contribution in [3.63, 3.8) is 0 Å². The van der Waals surface area contributed by atoms with E-state index < -0.39 is 30.1 Å². The summed E-state index contributed by atoms with van der Waals surface area (Å²) in [6, 6.07) is 2.52. The number of carbonyl (C=O) groups is 2. The van der Waals surface area contributed by atoms with E-state index in [-0.39, 0.29) is 44.9 Å². The molecule has 0 unspecified atom stereocenters. The minimum atomic E-state index is -1.19. The van der Waals surface area contributed by atoms with E-state index in [0.717, 1.165) is 19.3 Å². The number of aliphatic hydroxyl groups is 3. The molecule has 1 aromatic carbocycles. The normalized spacial score (nSPS) is 27.3. The molecule has 0 saturated heterocycles. The first-order chi connectivity index (χ1) is 21.6. The van der Waals surface area contributed by atoms with Gasteiger partial charge in [0.1, 0.15) is 18.8 Å². The maximum Gasteiger partial charge on any atom is 0.249 e. The molecule has 3 aliphatic rings.